The lowest BCUT2D eigenvalue weighted by atomic mass is 9.54. The second-order valence-corrected chi connectivity index (χ2v) is 9.20. The molecule has 0 amide bonds. The van der Waals surface area contributed by atoms with Crippen molar-refractivity contribution in [1.29, 1.82) is 0 Å². The maximum Gasteiger partial charge on any atom is 0.171 e. The number of hydrogen-bond acceptors (Lipinski definition) is 4. The van der Waals surface area contributed by atoms with Gasteiger partial charge in [0, 0.05) is 24.7 Å². The summed E-state index contributed by atoms with van der Waals surface area (Å²) in [5, 5.41) is 0. The number of hydrogen-bond donors (Lipinski definition) is 0. The number of ether oxygens (including phenoxy) is 3. The van der Waals surface area contributed by atoms with E-state index in [-0.39, 0.29) is 22.4 Å². The third kappa shape index (κ3) is 1.47. The van der Waals surface area contributed by atoms with Crippen LogP contribution in [0.5, 0.6) is 0 Å². The summed E-state index contributed by atoms with van der Waals surface area (Å²) in [5.74, 6) is 1.21. The lowest BCUT2D eigenvalue weighted by Crippen LogP contribution is -2.51. The SMILES string of the molecule is C[C@]12CC=C3C(CC[C@@]45CC6(CC[C@@]34O5)OCCO6)C1CCC2=O. The van der Waals surface area contributed by atoms with E-state index in [4.69, 9.17) is 14.2 Å². The first-order valence-corrected chi connectivity index (χ1v) is 9.75. The maximum atomic E-state index is 12.5. The van der Waals surface area contributed by atoms with E-state index in [0.717, 1.165) is 64.6 Å². The number of rotatable bonds is 0. The van der Waals surface area contributed by atoms with Gasteiger partial charge in [0.15, 0.2) is 5.79 Å². The molecule has 6 aliphatic rings. The normalized spacial score (nSPS) is 53.9. The van der Waals surface area contributed by atoms with E-state index in [2.05, 4.69) is 13.0 Å². The minimum absolute atomic E-state index is 0.0473. The Labute approximate surface area is 142 Å². The molecular weight excluding hydrogens is 304 g/mol. The molecule has 5 fully saturated rings. The van der Waals surface area contributed by atoms with Crippen molar-refractivity contribution in [2.24, 2.45) is 17.3 Å². The van der Waals surface area contributed by atoms with Crippen LogP contribution in [0.1, 0.15) is 58.3 Å². The summed E-state index contributed by atoms with van der Waals surface area (Å²) in [4.78, 5) is 12.5. The molecule has 0 aromatic carbocycles. The van der Waals surface area contributed by atoms with E-state index in [0.29, 0.717) is 17.6 Å². The van der Waals surface area contributed by atoms with Crippen LogP contribution in [0.25, 0.3) is 0 Å². The molecular formula is C20H26O4. The van der Waals surface area contributed by atoms with Crippen molar-refractivity contribution in [2.75, 3.05) is 13.2 Å². The minimum Gasteiger partial charge on any atom is -0.358 e. The minimum atomic E-state index is -0.375. The average Bonchev–Trinajstić information content (AvgIpc) is 2.88. The van der Waals surface area contributed by atoms with Crippen molar-refractivity contribution in [3.05, 3.63) is 11.6 Å². The first kappa shape index (κ1) is 14.5. The summed E-state index contributed by atoms with van der Waals surface area (Å²) in [6.07, 6.45) is 10.3. The Kier molecular flexibility index (Phi) is 2.51. The van der Waals surface area contributed by atoms with Crippen LogP contribution in [0.4, 0.5) is 0 Å². The predicted octanol–water partition coefficient (Wildman–Crippen LogP) is 3.15. The summed E-state index contributed by atoms with van der Waals surface area (Å²) in [6, 6.07) is 0. The van der Waals surface area contributed by atoms with Crippen LogP contribution < -0.4 is 0 Å². The molecule has 3 saturated carbocycles. The van der Waals surface area contributed by atoms with Gasteiger partial charge in [0.25, 0.3) is 0 Å². The number of Topliss-reactive ketones (excluding diaryl/α,β-unsaturated/α-hetero) is 1. The summed E-state index contributed by atoms with van der Waals surface area (Å²) in [6.45, 7) is 3.65. The van der Waals surface area contributed by atoms with Crippen LogP contribution in [0, 0.1) is 17.3 Å². The number of allylic oxidation sites excluding steroid dienone is 1. The molecule has 4 nitrogen and oxygen atoms in total. The fourth-order valence-electron chi connectivity index (χ4n) is 7.11. The highest BCUT2D eigenvalue weighted by Crippen LogP contribution is 2.73. The lowest BCUT2D eigenvalue weighted by molar-refractivity contribution is -0.185. The summed E-state index contributed by atoms with van der Waals surface area (Å²) in [7, 11) is 0. The van der Waals surface area contributed by atoms with Gasteiger partial charge in [-0.15, -0.1) is 0 Å². The second kappa shape index (κ2) is 4.16. The highest BCUT2D eigenvalue weighted by molar-refractivity contribution is 5.87. The van der Waals surface area contributed by atoms with Crippen LogP contribution in [0.15, 0.2) is 11.6 Å². The van der Waals surface area contributed by atoms with E-state index in [1.165, 1.54) is 0 Å². The first-order chi connectivity index (χ1) is 11.5. The smallest absolute Gasteiger partial charge is 0.171 e. The van der Waals surface area contributed by atoms with Gasteiger partial charge in [-0.3, -0.25) is 4.79 Å². The molecule has 6 rings (SSSR count). The van der Waals surface area contributed by atoms with Crippen molar-refractivity contribution in [3.8, 4) is 0 Å². The number of carbonyl (C=O) groups is 1. The molecule has 0 N–H and O–H groups in total. The molecule has 4 heteroatoms. The van der Waals surface area contributed by atoms with Crippen molar-refractivity contribution in [3.63, 3.8) is 0 Å². The van der Waals surface area contributed by atoms with E-state index in [1.807, 2.05) is 0 Å². The van der Waals surface area contributed by atoms with Gasteiger partial charge >= 0.3 is 0 Å². The molecule has 24 heavy (non-hydrogen) atoms. The van der Waals surface area contributed by atoms with E-state index >= 15 is 0 Å². The molecule has 2 unspecified atom stereocenters. The fourth-order valence-corrected chi connectivity index (χ4v) is 7.11. The second-order valence-electron chi connectivity index (χ2n) is 9.20. The van der Waals surface area contributed by atoms with Gasteiger partial charge in [-0.2, -0.15) is 0 Å². The standard InChI is InChI=1S/C20H26O4/c1-17-6-5-15-13(14(17)2-3-16(17)21)4-7-18-12-19(22-10-11-23-19)8-9-20(15,18)24-18/h5,13-14H,2-4,6-12H2,1H3/t13?,14?,17-,18+,20+/m0/s1. The quantitative estimate of drug-likeness (QED) is 0.506. The van der Waals surface area contributed by atoms with Crippen molar-refractivity contribution < 1.29 is 19.0 Å². The van der Waals surface area contributed by atoms with Crippen LogP contribution in [0.3, 0.4) is 0 Å². The molecule has 5 atom stereocenters. The largest absolute Gasteiger partial charge is 0.358 e. The molecule has 2 heterocycles. The number of epoxide rings is 1. The zero-order valence-electron chi connectivity index (χ0n) is 14.4. The Balaban J connectivity index is 1.37. The van der Waals surface area contributed by atoms with E-state index in [1.54, 1.807) is 5.57 Å². The van der Waals surface area contributed by atoms with Gasteiger partial charge in [0.2, 0.25) is 0 Å². The molecule has 130 valence electrons. The Morgan fingerprint density at radius 3 is 2.79 bits per heavy atom. The Bertz CT molecular complexity index is 663. The zero-order chi connectivity index (χ0) is 16.2. The number of ketones is 1. The molecule has 0 aromatic heterocycles. The van der Waals surface area contributed by atoms with Crippen molar-refractivity contribution in [1.82, 2.24) is 0 Å². The van der Waals surface area contributed by atoms with Crippen LogP contribution >= 0.6 is 0 Å². The van der Waals surface area contributed by atoms with E-state index < -0.39 is 0 Å². The van der Waals surface area contributed by atoms with Gasteiger partial charge in [0.05, 0.1) is 13.2 Å². The number of carbonyl (C=O) groups excluding carboxylic acids is 1. The fraction of sp³-hybridized carbons (Fsp3) is 0.850. The molecule has 0 bridgehead atoms. The Hall–Kier alpha value is -0.710. The van der Waals surface area contributed by atoms with Crippen LogP contribution in [0.2, 0.25) is 0 Å². The third-order valence-electron chi connectivity index (χ3n) is 8.38. The lowest BCUT2D eigenvalue weighted by Gasteiger charge is -2.48. The van der Waals surface area contributed by atoms with Crippen molar-refractivity contribution in [2.45, 2.75) is 75.3 Å². The average molecular weight is 330 g/mol. The molecule has 2 aliphatic heterocycles. The predicted molar refractivity (Wildman–Crippen MR) is 86.3 cm³/mol. The monoisotopic (exact) mass is 330 g/mol. The van der Waals surface area contributed by atoms with Gasteiger partial charge in [0.1, 0.15) is 17.0 Å². The highest BCUT2D eigenvalue weighted by atomic mass is 16.7. The first-order valence-electron chi connectivity index (χ1n) is 9.75. The van der Waals surface area contributed by atoms with Crippen LogP contribution in [-0.4, -0.2) is 36.0 Å². The Morgan fingerprint density at radius 1 is 1.12 bits per heavy atom. The van der Waals surface area contributed by atoms with Gasteiger partial charge in [-0.1, -0.05) is 13.0 Å². The molecule has 4 aliphatic carbocycles. The molecule has 2 saturated heterocycles. The van der Waals surface area contributed by atoms with Gasteiger partial charge < -0.3 is 14.2 Å². The molecule has 1 spiro atoms. The highest BCUT2D eigenvalue weighted by Gasteiger charge is 2.79. The third-order valence-corrected chi connectivity index (χ3v) is 8.38. The summed E-state index contributed by atoms with van der Waals surface area (Å²) >= 11 is 0. The number of fused-ring (bicyclic) bond motifs is 3. The topological polar surface area (TPSA) is 48.1 Å². The molecule has 0 radical (unpaired) electrons. The van der Waals surface area contributed by atoms with E-state index in [9.17, 15) is 4.79 Å². The summed E-state index contributed by atoms with van der Waals surface area (Å²) in [5.41, 5.74) is 1.34. The maximum absolute atomic E-state index is 12.5. The molecule has 0 aromatic rings. The van der Waals surface area contributed by atoms with Gasteiger partial charge in [-0.05, 0) is 49.5 Å². The van der Waals surface area contributed by atoms with Crippen molar-refractivity contribution >= 4 is 5.78 Å². The summed E-state index contributed by atoms with van der Waals surface area (Å²) < 4.78 is 18.5. The van der Waals surface area contributed by atoms with Gasteiger partial charge in [-0.25, -0.2) is 0 Å². The van der Waals surface area contributed by atoms with Crippen LogP contribution in [-0.2, 0) is 19.0 Å². The zero-order valence-corrected chi connectivity index (χ0v) is 14.4. The Morgan fingerprint density at radius 2 is 1.96 bits per heavy atom.